The molecular weight excluding hydrogens is 410 g/mol. The number of piperidine rings is 1. The molecule has 0 aliphatic carbocycles. The van der Waals surface area contributed by atoms with E-state index in [0.29, 0.717) is 18.7 Å². The highest BCUT2D eigenvalue weighted by Gasteiger charge is 2.35. The third-order valence-corrected chi connectivity index (χ3v) is 5.26. The molecule has 1 atom stereocenters. The molecule has 2 rings (SSSR count). The smallest absolute Gasteiger partial charge is 0.410 e. The second-order valence-electron chi connectivity index (χ2n) is 8.90. The zero-order chi connectivity index (χ0) is 22.8. The van der Waals surface area contributed by atoms with Gasteiger partial charge in [0.15, 0.2) is 0 Å². The number of amides is 2. The molecule has 0 bridgehead atoms. The maximum Gasteiger partial charge on any atom is 0.410 e. The van der Waals surface area contributed by atoms with Crippen molar-refractivity contribution >= 4 is 29.3 Å². The van der Waals surface area contributed by atoms with E-state index < -0.39 is 16.6 Å². The van der Waals surface area contributed by atoms with Gasteiger partial charge < -0.3 is 14.5 Å². The van der Waals surface area contributed by atoms with Crippen LogP contribution in [0, 0.1) is 17.0 Å². The van der Waals surface area contributed by atoms with Gasteiger partial charge in [-0.3, -0.25) is 14.9 Å². The van der Waals surface area contributed by atoms with Gasteiger partial charge >= 0.3 is 6.09 Å². The lowest BCUT2D eigenvalue weighted by Crippen LogP contribution is -2.54. The lowest BCUT2D eigenvalue weighted by atomic mass is 9.99. The van der Waals surface area contributed by atoms with Gasteiger partial charge in [-0.2, -0.15) is 0 Å². The molecule has 0 unspecified atom stereocenters. The van der Waals surface area contributed by atoms with E-state index in [4.69, 9.17) is 16.3 Å². The van der Waals surface area contributed by atoms with Crippen LogP contribution in [0.5, 0.6) is 0 Å². The fraction of sp³-hybridized carbons (Fsp3) is 0.619. The van der Waals surface area contributed by atoms with Gasteiger partial charge in [0.1, 0.15) is 10.6 Å². The molecule has 1 aromatic carbocycles. The molecule has 0 aromatic heterocycles. The number of hydrogen-bond donors (Lipinski definition) is 0. The molecule has 0 radical (unpaired) electrons. The first-order valence-corrected chi connectivity index (χ1v) is 10.4. The Morgan fingerprint density at radius 3 is 2.50 bits per heavy atom. The Balaban J connectivity index is 2.31. The van der Waals surface area contributed by atoms with Gasteiger partial charge in [-0.05, 0) is 66.0 Å². The molecule has 8 nitrogen and oxygen atoms in total. The van der Waals surface area contributed by atoms with E-state index in [1.807, 2.05) is 34.6 Å². The first kappa shape index (κ1) is 23.9. The van der Waals surface area contributed by atoms with Gasteiger partial charge in [-0.15, -0.1) is 0 Å². The number of benzene rings is 1. The van der Waals surface area contributed by atoms with Crippen molar-refractivity contribution in [2.75, 3.05) is 13.1 Å². The summed E-state index contributed by atoms with van der Waals surface area (Å²) in [5.74, 6) is -0.307. The number of likely N-dealkylation sites (tertiary alicyclic amines) is 1. The zero-order valence-electron chi connectivity index (χ0n) is 18.4. The average molecular weight is 440 g/mol. The molecule has 9 heteroatoms. The molecule has 0 saturated carbocycles. The van der Waals surface area contributed by atoms with Crippen LogP contribution in [-0.4, -0.2) is 57.5 Å². The number of aryl methyl sites for hydroxylation is 1. The van der Waals surface area contributed by atoms with Crippen molar-refractivity contribution in [3.05, 3.63) is 38.4 Å². The van der Waals surface area contributed by atoms with Crippen LogP contribution in [0.3, 0.4) is 0 Å². The minimum absolute atomic E-state index is 0.00101. The van der Waals surface area contributed by atoms with Crippen molar-refractivity contribution in [3.8, 4) is 0 Å². The second kappa shape index (κ2) is 9.20. The standard InChI is InChI=1S/C21H30ClN3O5/c1-13(2)24(15-8-7-9-23(12-15)20(27)30-21(4,5)6)19(26)16-11-18(25(28)29)17(22)10-14(16)3/h10-11,13,15H,7-9,12H2,1-6H3/t15-/m1/s1. The maximum absolute atomic E-state index is 13.4. The van der Waals surface area contributed by atoms with Crippen molar-refractivity contribution in [3.63, 3.8) is 0 Å². The lowest BCUT2D eigenvalue weighted by Gasteiger charge is -2.41. The molecule has 166 valence electrons. The molecule has 2 amide bonds. The molecule has 30 heavy (non-hydrogen) atoms. The summed E-state index contributed by atoms with van der Waals surface area (Å²) in [5, 5.41) is 11.3. The van der Waals surface area contributed by atoms with Gasteiger partial charge in [0.2, 0.25) is 0 Å². The Morgan fingerprint density at radius 1 is 1.33 bits per heavy atom. The van der Waals surface area contributed by atoms with E-state index in [-0.39, 0.29) is 34.3 Å². The van der Waals surface area contributed by atoms with Crippen LogP contribution in [0.1, 0.15) is 63.4 Å². The number of hydrogen-bond acceptors (Lipinski definition) is 5. The van der Waals surface area contributed by atoms with Crippen LogP contribution in [0.25, 0.3) is 0 Å². The minimum Gasteiger partial charge on any atom is -0.444 e. The molecule has 1 fully saturated rings. The molecule has 0 spiro atoms. The first-order valence-electron chi connectivity index (χ1n) is 10.1. The van der Waals surface area contributed by atoms with E-state index in [2.05, 4.69) is 0 Å². The minimum atomic E-state index is -0.600. The maximum atomic E-state index is 13.4. The summed E-state index contributed by atoms with van der Waals surface area (Å²) >= 11 is 5.97. The number of nitrogens with zero attached hydrogens (tertiary/aromatic N) is 3. The number of nitro groups is 1. The topological polar surface area (TPSA) is 93.0 Å². The van der Waals surface area contributed by atoms with Crippen LogP contribution in [0.2, 0.25) is 5.02 Å². The van der Waals surface area contributed by atoms with Crippen LogP contribution < -0.4 is 0 Å². The highest BCUT2D eigenvalue weighted by molar-refractivity contribution is 6.32. The van der Waals surface area contributed by atoms with E-state index >= 15 is 0 Å². The fourth-order valence-electron chi connectivity index (χ4n) is 3.67. The highest BCUT2D eigenvalue weighted by atomic mass is 35.5. The second-order valence-corrected chi connectivity index (χ2v) is 9.31. The van der Waals surface area contributed by atoms with Crippen LogP contribution in [0.4, 0.5) is 10.5 Å². The van der Waals surface area contributed by atoms with Gasteiger partial charge in [-0.1, -0.05) is 11.6 Å². The van der Waals surface area contributed by atoms with Crippen LogP contribution in [0.15, 0.2) is 12.1 Å². The van der Waals surface area contributed by atoms with E-state index in [0.717, 1.165) is 12.8 Å². The third-order valence-electron chi connectivity index (χ3n) is 4.95. The van der Waals surface area contributed by atoms with E-state index in [9.17, 15) is 19.7 Å². The fourth-order valence-corrected chi connectivity index (χ4v) is 3.95. The number of carbonyl (C=O) groups excluding carboxylic acids is 2. The Hall–Kier alpha value is -2.35. The van der Waals surface area contributed by atoms with E-state index in [1.54, 1.807) is 16.7 Å². The first-order chi connectivity index (χ1) is 13.8. The molecule has 1 aliphatic rings. The number of ether oxygens (including phenoxy) is 1. The van der Waals surface area contributed by atoms with Crippen molar-refractivity contribution in [1.82, 2.24) is 9.80 Å². The van der Waals surface area contributed by atoms with Crippen LogP contribution >= 0.6 is 11.6 Å². The van der Waals surface area contributed by atoms with Crippen molar-refractivity contribution in [2.24, 2.45) is 0 Å². The Morgan fingerprint density at radius 2 is 1.97 bits per heavy atom. The number of rotatable bonds is 4. The monoisotopic (exact) mass is 439 g/mol. The number of carbonyl (C=O) groups is 2. The van der Waals surface area contributed by atoms with Crippen molar-refractivity contribution < 1.29 is 19.2 Å². The van der Waals surface area contributed by atoms with E-state index in [1.165, 1.54) is 12.1 Å². The molecule has 0 N–H and O–H groups in total. The molecule has 1 aliphatic heterocycles. The number of nitro benzene ring substituents is 1. The predicted octanol–water partition coefficient (Wildman–Crippen LogP) is 4.81. The summed E-state index contributed by atoms with van der Waals surface area (Å²) in [5.41, 5.74) is -0.0830. The van der Waals surface area contributed by atoms with Gasteiger partial charge in [0, 0.05) is 30.8 Å². The predicted molar refractivity (Wildman–Crippen MR) is 115 cm³/mol. The van der Waals surface area contributed by atoms with Crippen molar-refractivity contribution in [2.45, 2.75) is 72.1 Å². The lowest BCUT2D eigenvalue weighted by molar-refractivity contribution is -0.384. The third kappa shape index (κ3) is 5.62. The van der Waals surface area contributed by atoms with Gasteiger partial charge in [0.05, 0.1) is 11.0 Å². The summed E-state index contributed by atoms with van der Waals surface area (Å²) in [7, 11) is 0. The highest BCUT2D eigenvalue weighted by Crippen LogP contribution is 2.30. The largest absolute Gasteiger partial charge is 0.444 e. The normalized spacial score (nSPS) is 17.1. The quantitative estimate of drug-likeness (QED) is 0.495. The molecule has 1 aromatic rings. The zero-order valence-corrected chi connectivity index (χ0v) is 19.2. The molecule has 1 heterocycles. The SMILES string of the molecule is Cc1cc(Cl)c([N+](=O)[O-])cc1C(=O)N(C(C)C)[C@@H]1CCCN(C(=O)OC(C)(C)C)C1. The Kier molecular flexibility index (Phi) is 7.34. The van der Waals surface area contributed by atoms with Gasteiger partial charge in [0.25, 0.3) is 11.6 Å². The average Bonchev–Trinajstić information content (AvgIpc) is 2.60. The van der Waals surface area contributed by atoms with Gasteiger partial charge in [-0.25, -0.2) is 4.79 Å². The Labute approximate surface area is 182 Å². The Bertz CT molecular complexity index is 835. The van der Waals surface area contributed by atoms with Crippen molar-refractivity contribution in [1.29, 1.82) is 0 Å². The summed E-state index contributed by atoms with van der Waals surface area (Å²) in [6, 6.07) is 2.31. The summed E-state index contributed by atoms with van der Waals surface area (Å²) < 4.78 is 5.48. The van der Waals surface area contributed by atoms with Crippen LogP contribution in [-0.2, 0) is 4.74 Å². The summed E-state index contributed by atoms with van der Waals surface area (Å²) in [4.78, 5) is 40.0. The molecular formula is C21H30ClN3O5. The number of halogens is 1. The summed E-state index contributed by atoms with van der Waals surface area (Å²) in [6.45, 7) is 11.8. The molecule has 1 saturated heterocycles. The summed E-state index contributed by atoms with van der Waals surface area (Å²) in [6.07, 6.45) is 1.07.